The van der Waals surface area contributed by atoms with E-state index in [0.717, 1.165) is 12.1 Å². The van der Waals surface area contributed by atoms with Crippen LogP contribution in [0.3, 0.4) is 0 Å². The lowest BCUT2D eigenvalue weighted by molar-refractivity contribution is -0.274. The Morgan fingerprint density at radius 2 is 1.81 bits per heavy atom. The van der Waals surface area contributed by atoms with Gasteiger partial charge >= 0.3 is 6.36 Å². The van der Waals surface area contributed by atoms with Crippen LogP contribution in [0.4, 0.5) is 17.6 Å². The number of benzene rings is 2. The molecule has 0 bridgehead atoms. The lowest BCUT2D eigenvalue weighted by Gasteiger charge is -2.12. The number of alkyl halides is 3. The van der Waals surface area contributed by atoms with Crippen molar-refractivity contribution in [3.05, 3.63) is 53.3 Å². The maximum absolute atomic E-state index is 13.9. The molecule has 2 aromatic carbocycles. The molecule has 0 saturated carbocycles. The zero-order valence-electron chi connectivity index (χ0n) is 11.0. The molecule has 0 unspecified atom stereocenters. The van der Waals surface area contributed by atoms with E-state index in [-0.39, 0.29) is 16.7 Å². The van der Waals surface area contributed by atoms with Gasteiger partial charge in [-0.15, -0.1) is 19.6 Å². The molecule has 2 rings (SSSR count). The number of ether oxygens (including phenoxy) is 1. The monoisotopic (exact) mass is 294 g/mol. The first-order valence-corrected chi connectivity index (χ1v) is 5.92. The molecule has 0 aliphatic heterocycles. The summed E-state index contributed by atoms with van der Waals surface area (Å²) in [5.41, 5.74) is 1.26. The molecule has 0 atom stereocenters. The molecule has 5 heteroatoms. The summed E-state index contributed by atoms with van der Waals surface area (Å²) in [5.74, 6) is 1.21. The van der Waals surface area contributed by atoms with Crippen molar-refractivity contribution in [3.8, 4) is 29.2 Å². The lowest BCUT2D eigenvalue weighted by Crippen LogP contribution is -2.17. The molecule has 0 fully saturated rings. The summed E-state index contributed by atoms with van der Waals surface area (Å²) in [7, 11) is 0. The van der Waals surface area contributed by atoms with Gasteiger partial charge in [-0.2, -0.15) is 0 Å². The lowest BCUT2D eigenvalue weighted by atomic mass is 10.0. The largest absolute Gasteiger partial charge is 0.573 e. The van der Waals surface area contributed by atoms with Gasteiger partial charge < -0.3 is 4.74 Å². The molecule has 0 amide bonds. The predicted octanol–water partition coefficient (Wildman–Crippen LogP) is 4.68. The smallest absolute Gasteiger partial charge is 0.406 e. The van der Waals surface area contributed by atoms with E-state index in [1.165, 1.54) is 18.2 Å². The average molecular weight is 294 g/mol. The fourth-order valence-electron chi connectivity index (χ4n) is 1.88. The number of aryl methyl sites for hydroxylation is 1. The third-order valence-electron chi connectivity index (χ3n) is 2.74. The first-order valence-electron chi connectivity index (χ1n) is 5.92. The van der Waals surface area contributed by atoms with Gasteiger partial charge in [-0.3, -0.25) is 0 Å². The van der Waals surface area contributed by atoms with Gasteiger partial charge in [-0.05, 0) is 42.3 Å². The van der Waals surface area contributed by atoms with Crippen molar-refractivity contribution in [3.63, 3.8) is 0 Å². The summed E-state index contributed by atoms with van der Waals surface area (Å²) in [6.07, 6.45) is 0.374. The van der Waals surface area contributed by atoms with Crippen LogP contribution in [0.25, 0.3) is 11.1 Å². The van der Waals surface area contributed by atoms with E-state index < -0.39 is 17.9 Å². The first-order chi connectivity index (χ1) is 9.78. The Balaban J connectivity index is 2.53. The number of hydrogen-bond donors (Lipinski definition) is 0. The normalized spacial score (nSPS) is 11.0. The van der Waals surface area contributed by atoms with Crippen LogP contribution in [-0.2, 0) is 0 Å². The van der Waals surface area contributed by atoms with Crippen molar-refractivity contribution < 1.29 is 22.3 Å². The molecule has 0 N–H and O–H groups in total. The van der Waals surface area contributed by atoms with Gasteiger partial charge in [0.25, 0.3) is 0 Å². The topological polar surface area (TPSA) is 9.23 Å². The van der Waals surface area contributed by atoms with Crippen LogP contribution in [0.2, 0.25) is 0 Å². The summed E-state index contributed by atoms with van der Waals surface area (Å²) in [4.78, 5) is 0. The van der Waals surface area contributed by atoms with E-state index in [2.05, 4.69) is 10.7 Å². The van der Waals surface area contributed by atoms with Crippen molar-refractivity contribution >= 4 is 0 Å². The predicted molar refractivity (Wildman–Crippen MR) is 71.2 cm³/mol. The number of halogens is 4. The minimum absolute atomic E-state index is 0.157. The Bertz CT molecular complexity index is 711. The molecule has 0 saturated heterocycles. The van der Waals surface area contributed by atoms with Crippen molar-refractivity contribution in [2.45, 2.75) is 13.3 Å². The molecule has 0 heterocycles. The highest BCUT2D eigenvalue weighted by Gasteiger charge is 2.31. The summed E-state index contributed by atoms with van der Waals surface area (Å²) in [6, 6.07) is 8.03. The Labute approximate surface area is 119 Å². The molecule has 2 aromatic rings. The van der Waals surface area contributed by atoms with E-state index in [0.29, 0.717) is 5.56 Å². The maximum Gasteiger partial charge on any atom is 0.573 e. The average Bonchev–Trinajstić information content (AvgIpc) is 2.36. The Morgan fingerprint density at radius 1 is 1.10 bits per heavy atom. The van der Waals surface area contributed by atoms with Crippen LogP contribution in [-0.4, -0.2) is 6.36 Å². The molecule has 21 heavy (non-hydrogen) atoms. The second kappa shape index (κ2) is 5.49. The Morgan fingerprint density at radius 3 is 2.38 bits per heavy atom. The maximum atomic E-state index is 13.9. The fraction of sp³-hybridized carbons (Fsp3) is 0.125. The van der Waals surface area contributed by atoms with Gasteiger partial charge in [0.2, 0.25) is 0 Å². The third-order valence-corrected chi connectivity index (χ3v) is 2.74. The molecule has 0 aliphatic rings. The second-order valence-corrected chi connectivity index (χ2v) is 4.42. The highest BCUT2D eigenvalue weighted by atomic mass is 19.4. The molecule has 1 nitrogen and oxygen atoms in total. The van der Waals surface area contributed by atoms with Crippen molar-refractivity contribution in [2.24, 2.45) is 0 Å². The van der Waals surface area contributed by atoms with E-state index in [1.807, 2.05) is 0 Å². The van der Waals surface area contributed by atoms with E-state index >= 15 is 0 Å². The summed E-state index contributed by atoms with van der Waals surface area (Å²) >= 11 is 0. The highest BCUT2D eigenvalue weighted by molar-refractivity contribution is 5.68. The quantitative estimate of drug-likeness (QED) is 0.577. The Hall–Kier alpha value is -2.48. The second-order valence-electron chi connectivity index (χ2n) is 4.42. The van der Waals surface area contributed by atoms with E-state index in [9.17, 15) is 17.6 Å². The van der Waals surface area contributed by atoms with Gasteiger partial charge in [0, 0.05) is 11.1 Å². The van der Waals surface area contributed by atoms with E-state index in [1.54, 1.807) is 13.0 Å². The van der Waals surface area contributed by atoms with Gasteiger partial charge in [0.1, 0.15) is 11.6 Å². The van der Waals surface area contributed by atoms with Crippen LogP contribution in [0.5, 0.6) is 5.75 Å². The minimum Gasteiger partial charge on any atom is -0.406 e. The molecule has 0 aliphatic carbocycles. The van der Waals surface area contributed by atoms with Crippen LogP contribution in [0.15, 0.2) is 36.4 Å². The summed E-state index contributed by atoms with van der Waals surface area (Å²) in [6.45, 7) is 1.71. The number of rotatable bonds is 2. The zero-order valence-corrected chi connectivity index (χ0v) is 11.0. The summed E-state index contributed by atoms with van der Waals surface area (Å²) < 4.78 is 54.7. The molecular formula is C16H10F4O. The van der Waals surface area contributed by atoms with Crippen LogP contribution < -0.4 is 4.74 Å². The van der Waals surface area contributed by atoms with Gasteiger partial charge in [-0.1, -0.05) is 18.1 Å². The number of terminal acetylenes is 1. The van der Waals surface area contributed by atoms with Gasteiger partial charge in [0.15, 0.2) is 0 Å². The highest BCUT2D eigenvalue weighted by Crippen LogP contribution is 2.31. The molecule has 0 spiro atoms. The molecule has 0 radical (unpaired) electrons. The first kappa shape index (κ1) is 14.9. The van der Waals surface area contributed by atoms with Crippen molar-refractivity contribution in [1.29, 1.82) is 0 Å². The molecule has 108 valence electrons. The van der Waals surface area contributed by atoms with Gasteiger partial charge in [-0.25, -0.2) is 4.39 Å². The minimum atomic E-state index is -4.84. The fourth-order valence-corrected chi connectivity index (χ4v) is 1.88. The van der Waals surface area contributed by atoms with Crippen molar-refractivity contribution in [1.82, 2.24) is 0 Å². The third kappa shape index (κ3) is 3.76. The zero-order chi connectivity index (χ0) is 15.6. The van der Waals surface area contributed by atoms with Crippen molar-refractivity contribution in [2.75, 3.05) is 0 Å². The van der Waals surface area contributed by atoms with Crippen LogP contribution >= 0.6 is 0 Å². The standard InChI is InChI=1S/C16H10F4O/c1-3-11-7-12(9-13(8-11)21-16(18,19)20)14-5-4-10(2)6-15(14)17/h1,4-9H,2H3. The Kier molecular flexibility index (Phi) is 3.90. The van der Waals surface area contributed by atoms with E-state index in [4.69, 9.17) is 6.42 Å². The molecular weight excluding hydrogens is 284 g/mol. The SMILES string of the molecule is C#Cc1cc(OC(F)(F)F)cc(-c2ccc(C)cc2F)c1. The molecule has 0 aromatic heterocycles. The van der Waals surface area contributed by atoms with Crippen LogP contribution in [0.1, 0.15) is 11.1 Å². The van der Waals surface area contributed by atoms with Gasteiger partial charge in [0.05, 0.1) is 0 Å². The van der Waals surface area contributed by atoms with Crippen LogP contribution in [0, 0.1) is 25.1 Å². The summed E-state index contributed by atoms with van der Waals surface area (Å²) in [5, 5.41) is 0. The number of hydrogen-bond acceptors (Lipinski definition) is 1.